The zero-order chi connectivity index (χ0) is 33.5. The molecule has 0 aliphatic carbocycles. The molecule has 15 heteroatoms. The molecule has 2 aromatic heterocycles. The highest BCUT2D eigenvalue weighted by atomic mass is 16.7. The van der Waals surface area contributed by atoms with Crippen LogP contribution in [0.3, 0.4) is 0 Å². The molecule has 0 unspecified atom stereocenters. The summed E-state index contributed by atoms with van der Waals surface area (Å²) in [5, 5.41) is 75.0. The van der Waals surface area contributed by atoms with E-state index in [2.05, 4.69) is 0 Å². The molecule has 15 nitrogen and oxygen atoms in total. The Morgan fingerprint density at radius 1 is 0.745 bits per heavy atom. The van der Waals surface area contributed by atoms with Crippen molar-refractivity contribution in [3.63, 3.8) is 0 Å². The first-order valence-electron chi connectivity index (χ1n) is 15.0. The molecule has 7 rings (SSSR count). The number of phenols is 1. The SMILES string of the molecule is CC[C@H]1O[C@H](O[C@@H]2[C@H](O)[C@@H](O)[C@@H](Oc3cccc4c(O)c5c(=O)oc6ccc(C)c7c(=O)oc(c34)c5c67)O[C@@H]2CO)[C@H](O)[C@@H](O)[C@@H]1O. The van der Waals surface area contributed by atoms with Gasteiger partial charge in [0, 0.05) is 16.2 Å². The Morgan fingerprint density at radius 2 is 1.45 bits per heavy atom. The predicted octanol–water partition coefficient (Wildman–Crippen LogP) is 0.0782. The second-order valence-electron chi connectivity index (χ2n) is 11.9. The third kappa shape index (κ3) is 4.77. The van der Waals surface area contributed by atoms with E-state index in [0.29, 0.717) is 5.56 Å². The van der Waals surface area contributed by atoms with Gasteiger partial charge in [0.1, 0.15) is 65.2 Å². The zero-order valence-electron chi connectivity index (χ0n) is 25.0. The number of hydrogen-bond acceptors (Lipinski definition) is 15. The van der Waals surface area contributed by atoms with Crippen LogP contribution in [0.25, 0.3) is 43.5 Å². The van der Waals surface area contributed by atoms with Crippen LogP contribution in [0.5, 0.6) is 11.5 Å². The fourth-order valence-electron chi connectivity index (χ4n) is 6.63. The van der Waals surface area contributed by atoms with Crippen LogP contribution in [-0.2, 0) is 14.2 Å². The number of aryl methyl sites for hydroxylation is 1. The number of aliphatic hydroxyl groups is 6. The summed E-state index contributed by atoms with van der Waals surface area (Å²) in [6.45, 7) is 2.61. The normalized spacial score (nSPS) is 31.7. The highest BCUT2D eigenvalue weighted by Crippen LogP contribution is 2.45. The summed E-state index contributed by atoms with van der Waals surface area (Å²) in [6, 6.07) is 7.48. The van der Waals surface area contributed by atoms with Gasteiger partial charge in [0.25, 0.3) is 0 Å². The van der Waals surface area contributed by atoms with Crippen molar-refractivity contribution >= 4 is 43.5 Å². The molecular formula is C32H32O15. The Kier molecular flexibility index (Phi) is 7.86. The molecular weight excluding hydrogens is 624 g/mol. The summed E-state index contributed by atoms with van der Waals surface area (Å²) < 4.78 is 34.3. The standard InChI is InChI=1S/C32H32O15/c1-3-12-22(35)23(36)25(38)32(43-12)47-27-15(9-33)45-31(26(39)24(27)37)44-13-6-4-5-11-17(13)28-19-18-14(42-30(41)20(19)21(11)34)8-7-10(2)16(18)29(40)46-28/h4-8,12,15,22-27,31-39H,3,9H2,1-2H3/t12-,15-,22-,23+,24-,25-,26-,27+,31+,32-/m1/s1. The maximum atomic E-state index is 13.3. The van der Waals surface area contributed by atoms with Crippen LogP contribution in [0.1, 0.15) is 18.9 Å². The molecule has 47 heavy (non-hydrogen) atoms. The smallest absolute Gasteiger partial charge is 0.348 e. The molecule has 5 aromatic rings. The van der Waals surface area contributed by atoms with E-state index in [1.54, 1.807) is 19.9 Å². The predicted molar refractivity (Wildman–Crippen MR) is 161 cm³/mol. The lowest BCUT2D eigenvalue weighted by molar-refractivity contribution is -0.350. The van der Waals surface area contributed by atoms with Gasteiger partial charge in [0.05, 0.1) is 23.5 Å². The number of aromatic hydroxyl groups is 1. The summed E-state index contributed by atoms with van der Waals surface area (Å²) >= 11 is 0. The molecule has 2 fully saturated rings. The van der Waals surface area contributed by atoms with E-state index < -0.39 is 85.0 Å². The van der Waals surface area contributed by atoms with Gasteiger partial charge in [-0.15, -0.1) is 0 Å². The van der Waals surface area contributed by atoms with Crippen LogP contribution in [-0.4, -0.2) is 104 Å². The van der Waals surface area contributed by atoms with E-state index in [1.807, 2.05) is 0 Å². The van der Waals surface area contributed by atoms with Gasteiger partial charge in [0.15, 0.2) is 11.9 Å². The van der Waals surface area contributed by atoms with Crippen LogP contribution < -0.4 is 16.0 Å². The van der Waals surface area contributed by atoms with Crippen molar-refractivity contribution in [2.75, 3.05) is 6.61 Å². The molecule has 3 aromatic carbocycles. The molecule has 7 N–H and O–H groups in total. The van der Waals surface area contributed by atoms with Gasteiger partial charge in [-0.25, -0.2) is 9.59 Å². The van der Waals surface area contributed by atoms with Crippen LogP contribution in [0.4, 0.5) is 0 Å². The summed E-state index contributed by atoms with van der Waals surface area (Å²) in [5.74, 6) is -0.554. The lowest BCUT2D eigenvalue weighted by Crippen LogP contribution is -2.64. The maximum Gasteiger partial charge on any atom is 0.348 e. The molecule has 0 bridgehead atoms. The summed E-state index contributed by atoms with van der Waals surface area (Å²) in [5.41, 5.74) is -1.06. The molecule has 0 saturated carbocycles. The molecule has 2 aliphatic heterocycles. The lowest BCUT2D eigenvalue weighted by Gasteiger charge is -2.46. The quantitative estimate of drug-likeness (QED) is 0.0728. The van der Waals surface area contributed by atoms with E-state index in [9.17, 15) is 45.3 Å². The van der Waals surface area contributed by atoms with Crippen LogP contribution in [0.2, 0.25) is 0 Å². The van der Waals surface area contributed by atoms with Gasteiger partial charge in [-0.2, -0.15) is 0 Å². The average molecular weight is 657 g/mol. The van der Waals surface area contributed by atoms with Gasteiger partial charge >= 0.3 is 11.3 Å². The summed E-state index contributed by atoms with van der Waals surface area (Å²) in [4.78, 5) is 26.3. The van der Waals surface area contributed by atoms with E-state index in [-0.39, 0.29) is 55.7 Å². The third-order valence-electron chi connectivity index (χ3n) is 9.08. The van der Waals surface area contributed by atoms with Crippen molar-refractivity contribution in [3.05, 3.63) is 56.7 Å². The Bertz CT molecular complexity index is 2080. The molecule has 0 radical (unpaired) electrons. The minimum Gasteiger partial charge on any atom is -0.506 e. The first-order chi connectivity index (χ1) is 22.5. The van der Waals surface area contributed by atoms with E-state index in [0.717, 1.165) is 0 Å². The maximum absolute atomic E-state index is 13.3. The molecule has 10 atom stereocenters. The van der Waals surface area contributed by atoms with Gasteiger partial charge in [0.2, 0.25) is 6.29 Å². The van der Waals surface area contributed by atoms with E-state index in [1.165, 1.54) is 24.3 Å². The average Bonchev–Trinajstić information content (AvgIpc) is 3.05. The van der Waals surface area contributed by atoms with Crippen molar-refractivity contribution in [2.45, 2.75) is 81.7 Å². The fraction of sp³-hybridized carbons (Fsp3) is 0.438. The van der Waals surface area contributed by atoms with Crippen molar-refractivity contribution < 1.29 is 63.5 Å². The Labute approximate surface area is 263 Å². The Hall–Kier alpha value is -3.90. The van der Waals surface area contributed by atoms with Crippen LogP contribution >= 0.6 is 0 Å². The van der Waals surface area contributed by atoms with Gasteiger partial charge in [-0.3, -0.25) is 0 Å². The largest absolute Gasteiger partial charge is 0.506 e. The Balaban J connectivity index is 1.28. The van der Waals surface area contributed by atoms with E-state index in [4.69, 9.17) is 27.8 Å². The molecule has 250 valence electrons. The second-order valence-corrected chi connectivity index (χ2v) is 11.9. The second kappa shape index (κ2) is 11.7. The fourth-order valence-corrected chi connectivity index (χ4v) is 6.63. The van der Waals surface area contributed by atoms with Gasteiger partial charge in [-0.1, -0.05) is 25.1 Å². The highest BCUT2D eigenvalue weighted by Gasteiger charge is 2.51. The van der Waals surface area contributed by atoms with Gasteiger partial charge < -0.3 is 63.5 Å². The van der Waals surface area contributed by atoms with Crippen molar-refractivity contribution in [1.29, 1.82) is 0 Å². The number of ether oxygens (including phenoxy) is 4. The monoisotopic (exact) mass is 656 g/mol. The highest BCUT2D eigenvalue weighted by molar-refractivity contribution is 6.28. The Morgan fingerprint density at radius 3 is 2.17 bits per heavy atom. The topological polar surface area (TPSA) is 239 Å². The van der Waals surface area contributed by atoms with Crippen molar-refractivity contribution in [2.24, 2.45) is 0 Å². The molecule has 2 saturated heterocycles. The number of benzene rings is 3. The van der Waals surface area contributed by atoms with Crippen molar-refractivity contribution in [3.8, 4) is 11.5 Å². The van der Waals surface area contributed by atoms with E-state index >= 15 is 0 Å². The minimum atomic E-state index is -1.84. The number of hydrogen-bond donors (Lipinski definition) is 7. The first kappa shape index (κ1) is 31.7. The van der Waals surface area contributed by atoms with Crippen LogP contribution in [0.15, 0.2) is 48.8 Å². The number of aliphatic hydroxyl groups excluding tert-OH is 6. The number of fused-ring (bicyclic) bond motifs is 2. The number of phenolic OH excluding ortho intramolecular Hbond substituents is 1. The summed E-state index contributed by atoms with van der Waals surface area (Å²) in [6.07, 6.45) is -15.1. The van der Waals surface area contributed by atoms with Crippen molar-refractivity contribution in [1.82, 2.24) is 0 Å². The lowest BCUT2D eigenvalue weighted by atomic mass is 9.95. The zero-order valence-corrected chi connectivity index (χ0v) is 25.0. The molecule has 2 aliphatic rings. The molecule has 0 amide bonds. The summed E-state index contributed by atoms with van der Waals surface area (Å²) in [7, 11) is 0. The molecule has 4 heterocycles. The van der Waals surface area contributed by atoms with Crippen LogP contribution in [0, 0.1) is 6.92 Å². The minimum absolute atomic E-state index is 0.0426. The first-order valence-corrected chi connectivity index (χ1v) is 15.0. The third-order valence-corrected chi connectivity index (χ3v) is 9.08. The number of rotatable bonds is 6. The molecule has 0 spiro atoms. The van der Waals surface area contributed by atoms with Gasteiger partial charge in [-0.05, 0) is 31.0 Å².